The van der Waals surface area contributed by atoms with Crippen LogP contribution in [0.3, 0.4) is 0 Å². The Bertz CT molecular complexity index is 485. The molecule has 2 rings (SSSR count). The standard InChI is InChI=1S/C13H19N3O/c1-4-14-8-12-7-13(17-10(12)2)9-16-6-5-15-11(16)3/h5-7,14H,4,8-9H2,1-3H3. The maximum atomic E-state index is 5.75. The van der Waals surface area contributed by atoms with Crippen molar-refractivity contribution in [1.29, 1.82) is 0 Å². The van der Waals surface area contributed by atoms with Gasteiger partial charge >= 0.3 is 0 Å². The van der Waals surface area contributed by atoms with E-state index in [1.807, 2.05) is 26.2 Å². The topological polar surface area (TPSA) is 43.0 Å². The molecular weight excluding hydrogens is 214 g/mol. The van der Waals surface area contributed by atoms with Gasteiger partial charge in [0.05, 0.1) is 6.54 Å². The Morgan fingerprint density at radius 3 is 2.88 bits per heavy atom. The van der Waals surface area contributed by atoms with Gasteiger partial charge in [-0.2, -0.15) is 0 Å². The summed E-state index contributed by atoms with van der Waals surface area (Å²) >= 11 is 0. The summed E-state index contributed by atoms with van der Waals surface area (Å²) in [6.07, 6.45) is 3.78. The SMILES string of the molecule is CCNCc1cc(Cn2ccnc2C)oc1C. The minimum atomic E-state index is 0.749. The molecule has 0 amide bonds. The van der Waals surface area contributed by atoms with Crippen LogP contribution in [0.5, 0.6) is 0 Å². The van der Waals surface area contributed by atoms with Gasteiger partial charge in [0.1, 0.15) is 17.3 Å². The van der Waals surface area contributed by atoms with Gasteiger partial charge in [-0.25, -0.2) is 4.98 Å². The van der Waals surface area contributed by atoms with Crippen LogP contribution in [0.2, 0.25) is 0 Å². The molecule has 2 heterocycles. The summed E-state index contributed by atoms with van der Waals surface area (Å²) in [4.78, 5) is 4.20. The quantitative estimate of drug-likeness (QED) is 0.861. The first-order chi connectivity index (χ1) is 8.20. The monoisotopic (exact) mass is 233 g/mol. The lowest BCUT2D eigenvalue weighted by molar-refractivity contribution is 0.464. The van der Waals surface area contributed by atoms with Gasteiger partial charge in [0.2, 0.25) is 0 Å². The van der Waals surface area contributed by atoms with Crippen LogP contribution in [0.25, 0.3) is 0 Å². The van der Waals surface area contributed by atoms with E-state index in [0.717, 1.165) is 37.0 Å². The minimum Gasteiger partial charge on any atom is -0.464 e. The van der Waals surface area contributed by atoms with Gasteiger partial charge < -0.3 is 14.3 Å². The number of hydrogen-bond acceptors (Lipinski definition) is 3. The Labute approximate surface area is 102 Å². The van der Waals surface area contributed by atoms with E-state index in [0.29, 0.717) is 0 Å². The van der Waals surface area contributed by atoms with Crippen molar-refractivity contribution in [2.45, 2.75) is 33.9 Å². The van der Waals surface area contributed by atoms with Crippen molar-refractivity contribution < 1.29 is 4.42 Å². The largest absolute Gasteiger partial charge is 0.464 e. The Balaban J connectivity index is 2.09. The second-order valence-electron chi connectivity index (χ2n) is 4.18. The number of aromatic nitrogens is 2. The number of hydrogen-bond donors (Lipinski definition) is 1. The lowest BCUT2D eigenvalue weighted by Gasteiger charge is -2.00. The lowest BCUT2D eigenvalue weighted by atomic mass is 10.2. The average molecular weight is 233 g/mol. The zero-order valence-corrected chi connectivity index (χ0v) is 10.7. The van der Waals surface area contributed by atoms with Gasteiger partial charge in [-0.15, -0.1) is 0 Å². The number of nitrogens with one attached hydrogen (secondary N) is 1. The average Bonchev–Trinajstić information content (AvgIpc) is 2.84. The molecule has 0 aliphatic carbocycles. The highest BCUT2D eigenvalue weighted by atomic mass is 16.3. The van der Waals surface area contributed by atoms with E-state index in [4.69, 9.17) is 4.42 Å². The summed E-state index contributed by atoms with van der Waals surface area (Å²) in [6, 6.07) is 2.12. The molecule has 4 nitrogen and oxygen atoms in total. The highest BCUT2D eigenvalue weighted by Crippen LogP contribution is 2.16. The lowest BCUT2D eigenvalue weighted by Crippen LogP contribution is -2.11. The predicted molar refractivity (Wildman–Crippen MR) is 66.9 cm³/mol. The van der Waals surface area contributed by atoms with Gasteiger partial charge in [0, 0.05) is 24.5 Å². The number of nitrogens with zero attached hydrogens (tertiary/aromatic N) is 2. The molecule has 17 heavy (non-hydrogen) atoms. The Morgan fingerprint density at radius 1 is 1.41 bits per heavy atom. The number of aryl methyl sites for hydroxylation is 2. The Kier molecular flexibility index (Phi) is 3.64. The normalized spacial score (nSPS) is 11.0. The van der Waals surface area contributed by atoms with Gasteiger partial charge in [0.25, 0.3) is 0 Å². The van der Waals surface area contributed by atoms with Crippen LogP contribution in [0.15, 0.2) is 22.9 Å². The molecule has 2 aromatic heterocycles. The third-order valence-corrected chi connectivity index (χ3v) is 2.89. The fourth-order valence-corrected chi connectivity index (χ4v) is 1.84. The van der Waals surface area contributed by atoms with Crippen LogP contribution in [-0.2, 0) is 13.1 Å². The second-order valence-corrected chi connectivity index (χ2v) is 4.18. The summed E-state index contributed by atoms with van der Waals surface area (Å²) < 4.78 is 7.83. The van der Waals surface area contributed by atoms with Crippen molar-refractivity contribution in [3.63, 3.8) is 0 Å². The summed E-state index contributed by atoms with van der Waals surface area (Å²) in [5.41, 5.74) is 1.24. The molecule has 92 valence electrons. The van der Waals surface area contributed by atoms with Gasteiger partial charge in [-0.3, -0.25) is 0 Å². The molecule has 0 unspecified atom stereocenters. The predicted octanol–water partition coefficient (Wildman–Crippen LogP) is 2.25. The molecule has 0 saturated heterocycles. The number of furan rings is 1. The second kappa shape index (κ2) is 5.19. The molecule has 2 aromatic rings. The number of rotatable bonds is 5. The summed E-state index contributed by atoms with van der Waals surface area (Å²) in [5, 5.41) is 3.31. The van der Waals surface area contributed by atoms with Crippen LogP contribution in [0.1, 0.15) is 29.8 Å². The van der Waals surface area contributed by atoms with E-state index < -0.39 is 0 Å². The van der Waals surface area contributed by atoms with Crippen molar-refractivity contribution in [1.82, 2.24) is 14.9 Å². The smallest absolute Gasteiger partial charge is 0.124 e. The maximum absolute atomic E-state index is 5.75. The zero-order valence-electron chi connectivity index (χ0n) is 10.7. The molecular formula is C13H19N3O. The summed E-state index contributed by atoms with van der Waals surface area (Å²) in [7, 11) is 0. The summed E-state index contributed by atoms with van der Waals surface area (Å²) in [5.74, 6) is 2.99. The molecule has 0 saturated carbocycles. The molecule has 0 radical (unpaired) electrons. The van der Waals surface area contributed by atoms with E-state index in [2.05, 4.69) is 27.9 Å². The Morgan fingerprint density at radius 2 is 2.24 bits per heavy atom. The van der Waals surface area contributed by atoms with Crippen molar-refractivity contribution in [3.8, 4) is 0 Å². The van der Waals surface area contributed by atoms with Crippen molar-refractivity contribution in [3.05, 3.63) is 41.4 Å². The van der Waals surface area contributed by atoms with Crippen LogP contribution in [0.4, 0.5) is 0 Å². The molecule has 0 fully saturated rings. The first-order valence-electron chi connectivity index (χ1n) is 5.97. The molecule has 0 aromatic carbocycles. The minimum absolute atomic E-state index is 0.749. The molecule has 0 atom stereocenters. The molecule has 0 bridgehead atoms. The fourth-order valence-electron chi connectivity index (χ4n) is 1.84. The van der Waals surface area contributed by atoms with Crippen molar-refractivity contribution in [2.75, 3.05) is 6.54 Å². The van der Waals surface area contributed by atoms with E-state index in [9.17, 15) is 0 Å². The molecule has 0 spiro atoms. The molecule has 4 heteroatoms. The first kappa shape index (κ1) is 11.9. The van der Waals surface area contributed by atoms with Crippen LogP contribution >= 0.6 is 0 Å². The fraction of sp³-hybridized carbons (Fsp3) is 0.462. The van der Waals surface area contributed by atoms with E-state index in [1.165, 1.54) is 5.56 Å². The van der Waals surface area contributed by atoms with Crippen LogP contribution in [0, 0.1) is 13.8 Å². The van der Waals surface area contributed by atoms with Crippen molar-refractivity contribution >= 4 is 0 Å². The van der Waals surface area contributed by atoms with Crippen LogP contribution in [-0.4, -0.2) is 16.1 Å². The van der Waals surface area contributed by atoms with Gasteiger partial charge in [-0.1, -0.05) is 6.92 Å². The number of imidazole rings is 1. The highest BCUT2D eigenvalue weighted by molar-refractivity contribution is 5.21. The van der Waals surface area contributed by atoms with E-state index in [-0.39, 0.29) is 0 Å². The van der Waals surface area contributed by atoms with Crippen LogP contribution < -0.4 is 5.32 Å². The summed E-state index contributed by atoms with van der Waals surface area (Å²) in [6.45, 7) is 8.70. The molecule has 0 aliphatic heterocycles. The van der Waals surface area contributed by atoms with E-state index >= 15 is 0 Å². The van der Waals surface area contributed by atoms with Gasteiger partial charge in [0.15, 0.2) is 0 Å². The first-order valence-corrected chi connectivity index (χ1v) is 5.97. The molecule has 1 N–H and O–H groups in total. The maximum Gasteiger partial charge on any atom is 0.124 e. The third kappa shape index (κ3) is 2.77. The van der Waals surface area contributed by atoms with Gasteiger partial charge in [-0.05, 0) is 26.5 Å². The zero-order chi connectivity index (χ0) is 12.3. The van der Waals surface area contributed by atoms with Crippen molar-refractivity contribution in [2.24, 2.45) is 0 Å². The third-order valence-electron chi connectivity index (χ3n) is 2.89. The molecule has 0 aliphatic rings. The Hall–Kier alpha value is -1.55. The van der Waals surface area contributed by atoms with E-state index in [1.54, 1.807) is 0 Å². The highest BCUT2D eigenvalue weighted by Gasteiger charge is 2.08.